The van der Waals surface area contributed by atoms with Crippen LogP contribution in [0.1, 0.15) is 22.6 Å². The minimum absolute atomic E-state index is 0.0494. The number of hydrogen-bond acceptors (Lipinski definition) is 9. The lowest BCUT2D eigenvalue weighted by molar-refractivity contribution is 0.0600. The van der Waals surface area contributed by atoms with Gasteiger partial charge in [-0.3, -0.25) is 4.57 Å². The summed E-state index contributed by atoms with van der Waals surface area (Å²) in [5, 5.41) is 0. The van der Waals surface area contributed by atoms with Crippen LogP contribution in [-0.4, -0.2) is 63.9 Å². The number of carbonyl (C=O) groups is 1. The smallest absolute Gasteiger partial charge is 0.337 e. The first kappa shape index (κ1) is 22.6. The van der Waals surface area contributed by atoms with Crippen LogP contribution >= 0.6 is 0 Å². The molecule has 5 rings (SSSR count). The van der Waals surface area contributed by atoms with Crippen LogP contribution in [0.3, 0.4) is 0 Å². The van der Waals surface area contributed by atoms with E-state index >= 15 is 0 Å². The van der Waals surface area contributed by atoms with Gasteiger partial charge in [0.25, 0.3) is 6.43 Å². The highest BCUT2D eigenvalue weighted by molar-refractivity contribution is 5.89. The first-order chi connectivity index (χ1) is 17.0. The normalized spacial score (nSPS) is 13.9. The van der Waals surface area contributed by atoms with E-state index in [1.54, 1.807) is 36.4 Å². The highest BCUT2D eigenvalue weighted by atomic mass is 19.3. The standard InChI is InChI=1S/C23H20F2N6O4/c1-33-20(32)14-6-8-15(9-7-14)35-23-28-21(30-10-12-34-13-11-30)27-22(29-23)31-17-5-3-2-4-16(17)26-19(31)18(24)25/h2-9,18H,10-13H2,1H3. The number of nitrogens with zero attached hydrogens (tertiary/aromatic N) is 6. The molecule has 0 radical (unpaired) electrons. The molecule has 180 valence electrons. The summed E-state index contributed by atoms with van der Waals surface area (Å²) in [6, 6.07) is 12.8. The van der Waals surface area contributed by atoms with Crippen molar-refractivity contribution in [2.75, 3.05) is 38.3 Å². The molecule has 10 nitrogen and oxygen atoms in total. The molecular formula is C23H20F2N6O4. The maximum atomic E-state index is 13.9. The van der Waals surface area contributed by atoms with Crippen molar-refractivity contribution in [1.29, 1.82) is 0 Å². The quantitative estimate of drug-likeness (QED) is 0.382. The number of carbonyl (C=O) groups excluding carboxylic acids is 1. The number of benzene rings is 2. The number of aromatic nitrogens is 5. The Morgan fingerprint density at radius 1 is 0.971 bits per heavy atom. The maximum absolute atomic E-state index is 13.9. The van der Waals surface area contributed by atoms with Gasteiger partial charge in [0, 0.05) is 13.1 Å². The van der Waals surface area contributed by atoms with Gasteiger partial charge in [0.1, 0.15) is 5.75 Å². The summed E-state index contributed by atoms with van der Waals surface area (Å²) in [7, 11) is 1.29. The van der Waals surface area contributed by atoms with Crippen LogP contribution in [0.2, 0.25) is 0 Å². The van der Waals surface area contributed by atoms with Gasteiger partial charge in [0.2, 0.25) is 11.9 Å². The van der Waals surface area contributed by atoms with Gasteiger partial charge in [0.15, 0.2) is 5.82 Å². The van der Waals surface area contributed by atoms with Gasteiger partial charge in [-0.05, 0) is 36.4 Å². The summed E-state index contributed by atoms with van der Waals surface area (Å²) in [5.41, 5.74) is 1.16. The van der Waals surface area contributed by atoms with Crippen molar-refractivity contribution in [2.45, 2.75) is 6.43 Å². The zero-order chi connectivity index (χ0) is 24.4. The van der Waals surface area contributed by atoms with Crippen LogP contribution in [0.25, 0.3) is 17.0 Å². The molecule has 0 spiro atoms. The summed E-state index contributed by atoms with van der Waals surface area (Å²) in [6.45, 7) is 1.98. The fraction of sp³-hybridized carbons (Fsp3) is 0.261. The number of methoxy groups -OCH3 is 1. The van der Waals surface area contributed by atoms with Gasteiger partial charge in [-0.25, -0.2) is 18.6 Å². The van der Waals surface area contributed by atoms with E-state index in [4.69, 9.17) is 14.2 Å². The third-order valence-electron chi connectivity index (χ3n) is 5.35. The lowest BCUT2D eigenvalue weighted by atomic mass is 10.2. The average molecular weight is 482 g/mol. The second kappa shape index (κ2) is 9.58. The molecule has 0 bridgehead atoms. The van der Waals surface area contributed by atoms with E-state index in [0.29, 0.717) is 48.6 Å². The number of anilines is 1. The molecule has 0 atom stereocenters. The van der Waals surface area contributed by atoms with E-state index in [-0.39, 0.29) is 17.9 Å². The Bertz CT molecular complexity index is 1360. The van der Waals surface area contributed by atoms with Crippen LogP contribution < -0.4 is 9.64 Å². The zero-order valence-electron chi connectivity index (χ0n) is 18.6. The Morgan fingerprint density at radius 2 is 1.69 bits per heavy atom. The van der Waals surface area contributed by atoms with Gasteiger partial charge in [-0.1, -0.05) is 12.1 Å². The Morgan fingerprint density at radius 3 is 2.40 bits per heavy atom. The molecule has 12 heteroatoms. The first-order valence-corrected chi connectivity index (χ1v) is 10.7. The van der Waals surface area contributed by atoms with Crippen molar-refractivity contribution in [3.8, 4) is 17.7 Å². The zero-order valence-corrected chi connectivity index (χ0v) is 18.6. The largest absolute Gasteiger partial charge is 0.465 e. The molecule has 1 saturated heterocycles. The van der Waals surface area contributed by atoms with E-state index in [2.05, 4.69) is 19.9 Å². The van der Waals surface area contributed by atoms with E-state index in [1.165, 1.54) is 23.8 Å². The van der Waals surface area contributed by atoms with Gasteiger partial charge >= 0.3 is 12.0 Å². The lowest BCUT2D eigenvalue weighted by Gasteiger charge is -2.27. The molecule has 0 aliphatic carbocycles. The molecule has 1 aliphatic rings. The number of para-hydroxylation sites is 2. The molecule has 2 aromatic carbocycles. The molecule has 3 heterocycles. The van der Waals surface area contributed by atoms with Crippen molar-refractivity contribution in [3.05, 3.63) is 59.9 Å². The van der Waals surface area contributed by atoms with Crippen molar-refractivity contribution >= 4 is 23.0 Å². The van der Waals surface area contributed by atoms with Gasteiger partial charge in [-0.2, -0.15) is 15.0 Å². The number of fused-ring (bicyclic) bond motifs is 1. The Labute approximate surface area is 198 Å². The molecule has 1 fully saturated rings. The first-order valence-electron chi connectivity index (χ1n) is 10.7. The third kappa shape index (κ3) is 4.60. The van der Waals surface area contributed by atoms with Crippen LogP contribution in [0.4, 0.5) is 14.7 Å². The second-order valence-electron chi connectivity index (χ2n) is 7.53. The number of alkyl halides is 2. The maximum Gasteiger partial charge on any atom is 0.337 e. The van der Waals surface area contributed by atoms with E-state index < -0.39 is 18.2 Å². The van der Waals surface area contributed by atoms with Crippen LogP contribution in [0.5, 0.6) is 11.8 Å². The van der Waals surface area contributed by atoms with Crippen LogP contribution in [0.15, 0.2) is 48.5 Å². The molecular weight excluding hydrogens is 462 g/mol. The molecule has 0 N–H and O–H groups in total. The number of esters is 1. The molecule has 0 unspecified atom stereocenters. The Hall–Kier alpha value is -4.19. The van der Waals surface area contributed by atoms with Gasteiger partial charge in [0.05, 0.1) is 36.9 Å². The van der Waals surface area contributed by atoms with Crippen molar-refractivity contribution in [3.63, 3.8) is 0 Å². The molecule has 0 amide bonds. The molecule has 35 heavy (non-hydrogen) atoms. The summed E-state index contributed by atoms with van der Waals surface area (Å²) < 4.78 is 45.0. The van der Waals surface area contributed by atoms with Crippen LogP contribution in [-0.2, 0) is 9.47 Å². The second-order valence-corrected chi connectivity index (χ2v) is 7.53. The lowest BCUT2D eigenvalue weighted by Crippen LogP contribution is -2.37. The topological polar surface area (TPSA) is 104 Å². The minimum Gasteiger partial charge on any atom is -0.465 e. The van der Waals surface area contributed by atoms with Crippen molar-refractivity contribution < 1.29 is 27.8 Å². The van der Waals surface area contributed by atoms with Gasteiger partial charge in [-0.15, -0.1) is 0 Å². The predicted molar refractivity (Wildman–Crippen MR) is 120 cm³/mol. The van der Waals surface area contributed by atoms with E-state index in [9.17, 15) is 13.6 Å². The highest BCUT2D eigenvalue weighted by Gasteiger charge is 2.24. The molecule has 0 saturated carbocycles. The summed E-state index contributed by atoms with van der Waals surface area (Å²) in [4.78, 5) is 30.8. The number of morpholine rings is 1. The highest BCUT2D eigenvalue weighted by Crippen LogP contribution is 2.29. The van der Waals surface area contributed by atoms with E-state index in [1.807, 2.05) is 4.90 Å². The van der Waals surface area contributed by atoms with Gasteiger partial charge < -0.3 is 19.1 Å². The molecule has 4 aromatic rings. The van der Waals surface area contributed by atoms with Crippen LogP contribution in [0, 0.1) is 0 Å². The average Bonchev–Trinajstić information content (AvgIpc) is 3.29. The fourth-order valence-electron chi connectivity index (χ4n) is 3.67. The Balaban J connectivity index is 1.59. The monoisotopic (exact) mass is 482 g/mol. The summed E-state index contributed by atoms with van der Waals surface area (Å²) in [6.07, 6.45) is -2.86. The molecule has 2 aromatic heterocycles. The number of rotatable bonds is 6. The fourth-order valence-corrected chi connectivity index (χ4v) is 3.67. The Kier molecular flexibility index (Phi) is 6.19. The van der Waals surface area contributed by atoms with E-state index in [0.717, 1.165) is 0 Å². The summed E-state index contributed by atoms with van der Waals surface area (Å²) >= 11 is 0. The number of halogens is 2. The van der Waals surface area contributed by atoms with Crippen molar-refractivity contribution in [1.82, 2.24) is 24.5 Å². The SMILES string of the molecule is COC(=O)c1ccc(Oc2nc(N3CCOCC3)nc(-n3c(C(F)F)nc4ccccc43)n2)cc1. The third-order valence-corrected chi connectivity index (χ3v) is 5.35. The molecule has 1 aliphatic heterocycles. The predicted octanol–water partition coefficient (Wildman–Crippen LogP) is 3.56. The summed E-state index contributed by atoms with van der Waals surface area (Å²) in [5.74, 6) is -0.421. The minimum atomic E-state index is -2.86. The number of imidazole rings is 1. The number of hydrogen-bond donors (Lipinski definition) is 0. The number of ether oxygens (including phenoxy) is 3. The van der Waals surface area contributed by atoms with Crippen molar-refractivity contribution in [2.24, 2.45) is 0 Å².